The second kappa shape index (κ2) is 11.2. The Balaban J connectivity index is 1.67. The zero-order valence-corrected chi connectivity index (χ0v) is 17.7. The summed E-state index contributed by atoms with van der Waals surface area (Å²) >= 11 is 0. The van der Waals surface area contributed by atoms with Crippen LogP contribution < -0.4 is 10.1 Å². The van der Waals surface area contributed by atoms with Gasteiger partial charge >= 0.3 is 0 Å². The number of benzene rings is 1. The molecule has 3 rings (SSSR count). The van der Waals surface area contributed by atoms with Gasteiger partial charge in [0.2, 0.25) is 11.8 Å². The SMILES string of the molecule is CC(=O)NCC(=O)N1CCCCN2CCCCC2CCc2cccc(c2)OCC1. The van der Waals surface area contributed by atoms with Crippen LogP contribution in [0.1, 0.15) is 51.0 Å². The third kappa shape index (κ3) is 7.03. The molecule has 2 bridgehead atoms. The smallest absolute Gasteiger partial charge is 0.242 e. The standard InChI is InChI=1S/C23H35N3O3/c1-19(27)24-18-23(28)26-14-5-4-13-25-12-3-2-8-21(25)11-10-20-7-6-9-22(17-20)29-16-15-26/h6-7,9,17,21H,2-5,8,10-16,18H2,1H3,(H,24,27). The summed E-state index contributed by atoms with van der Waals surface area (Å²) < 4.78 is 5.94. The van der Waals surface area contributed by atoms with Gasteiger partial charge in [-0.15, -0.1) is 0 Å². The van der Waals surface area contributed by atoms with E-state index in [4.69, 9.17) is 4.74 Å². The molecule has 1 N–H and O–H groups in total. The minimum atomic E-state index is -0.180. The molecule has 0 aromatic heterocycles. The third-order valence-electron chi connectivity index (χ3n) is 6.01. The summed E-state index contributed by atoms with van der Waals surface area (Å²) in [5, 5.41) is 2.62. The van der Waals surface area contributed by atoms with Crippen molar-refractivity contribution in [2.75, 3.05) is 39.3 Å². The van der Waals surface area contributed by atoms with Crippen molar-refractivity contribution in [3.8, 4) is 5.75 Å². The van der Waals surface area contributed by atoms with Crippen LogP contribution in [0.15, 0.2) is 24.3 Å². The van der Waals surface area contributed by atoms with Crippen molar-refractivity contribution in [1.82, 2.24) is 15.1 Å². The second-order valence-corrected chi connectivity index (χ2v) is 8.22. The summed E-state index contributed by atoms with van der Waals surface area (Å²) in [6.45, 7) is 5.50. The Kier molecular flexibility index (Phi) is 8.35. The number of nitrogens with zero attached hydrogens (tertiary/aromatic N) is 2. The number of ether oxygens (including phenoxy) is 1. The van der Waals surface area contributed by atoms with Gasteiger partial charge < -0.3 is 19.9 Å². The van der Waals surface area contributed by atoms with Gasteiger partial charge in [-0.05, 0) is 69.3 Å². The number of aryl methyl sites for hydroxylation is 1. The average Bonchev–Trinajstić information content (AvgIpc) is 2.73. The molecule has 1 atom stereocenters. The Hall–Kier alpha value is -2.08. The van der Waals surface area contributed by atoms with Gasteiger partial charge in [-0.1, -0.05) is 18.6 Å². The monoisotopic (exact) mass is 401 g/mol. The highest BCUT2D eigenvalue weighted by atomic mass is 16.5. The van der Waals surface area contributed by atoms with Crippen LogP contribution in [0.25, 0.3) is 0 Å². The fraction of sp³-hybridized carbons (Fsp3) is 0.652. The maximum atomic E-state index is 12.5. The highest BCUT2D eigenvalue weighted by molar-refractivity contribution is 5.83. The van der Waals surface area contributed by atoms with Crippen LogP contribution in [-0.4, -0.2) is 67.0 Å². The van der Waals surface area contributed by atoms with Crippen molar-refractivity contribution in [1.29, 1.82) is 0 Å². The lowest BCUT2D eigenvalue weighted by atomic mass is 9.95. The maximum absolute atomic E-state index is 12.5. The molecule has 0 spiro atoms. The van der Waals surface area contributed by atoms with E-state index in [9.17, 15) is 9.59 Å². The molecule has 1 aromatic rings. The quantitative estimate of drug-likeness (QED) is 0.828. The summed E-state index contributed by atoms with van der Waals surface area (Å²) in [6.07, 6.45) is 8.26. The van der Waals surface area contributed by atoms with Crippen LogP contribution in [0.4, 0.5) is 0 Å². The second-order valence-electron chi connectivity index (χ2n) is 8.22. The summed E-state index contributed by atoms with van der Waals surface area (Å²) in [4.78, 5) is 28.2. The van der Waals surface area contributed by atoms with Crippen molar-refractivity contribution in [3.63, 3.8) is 0 Å². The van der Waals surface area contributed by atoms with E-state index in [1.165, 1.54) is 44.7 Å². The Morgan fingerprint density at radius 3 is 2.69 bits per heavy atom. The van der Waals surface area contributed by atoms with E-state index >= 15 is 0 Å². The average molecular weight is 402 g/mol. The third-order valence-corrected chi connectivity index (χ3v) is 6.01. The highest BCUT2D eigenvalue weighted by Gasteiger charge is 2.22. The molecule has 2 amide bonds. The first kappa shape index (κ1) is 21.6. The highest BCUT2D eigenvalue weighted by Crippen LogP contribution is 2.23. The van der Waals surface area contributed by atoms with Crippen LogP contribution in [0.5, 0.6) is 5.75 Å². The molecule has 1 fully saturated rings. The Bertz CT molecular complexity index is 679. The molecule has 1 aromatic carbocycles. The fourth-order valence-corrected chi connectivity index (χ4v) is 4.37. The summed E-state index contributed by atoms with van der Waals surface area (Å²) in [5.74, 6) is 0.644. The minimum absolute atomic E-state index is 0.0438. The molecular formula is C23H35N3O3. The zero-order valence-electron chi connectivity index (χ0n) is 17.7. The molecule has 2 aliphatic rings. The normalized spacial score (nSPS) is 21.8. The Morgan fingerprint density at radius 2 is 1.86 bits per heavy atom. The van der Waals surface area contributed by atoms with Crippen LogP contribution in [0, 0.1) is 0 Å². The largest absolute Gasteiger partial charge is 0.492 e. The lowest BCUT2D eigenvalue weighted by Gasteiger charge is -2.36. The van der Waals surface area contributed by atoms with Gasteiger partial charge in [-0.3, -0.25) is 9.59 Å². The number of amides is 2. The van der Waals surface area contributed by atoms with Crippen molar-refractivity contribution < 1.29 is 14.3 Å². The number of carbonyl (C=O) groups is 2. The number of fused-ring (bicyclic) bond motifs is 3. The molecule has 0 saturated carbocycles. The fourth-order valence-electron chi connectivity index (χ4n) is 4.37. The van der Waals surface area contributed by atoms with Gasteiger partial charge in [0.25, 0.3) is 0 Å². The van der Waals surface area contributed by atoms with Gasteiger partial charge in [0.05, 0.1) is 13.1 Å². The van der Waals surface area contributed by atoms with E-state index in [-0.39, 0.29) is 18.4 Å². The van der Waals surface area contributed by atoms with Gasteiger partial charge in [0.15, 0.2) is 0 Å². The lowest BCUT2D eigenvalue weighted by molar-refractivity contribution is -0.132. The first-order valence-corrected chi connectivity index (χ1v) is 11.1. The molecule has 6 nitrogen and oxygen atoms in total. The van der Waals surface area contributed by atoms with Crippen LogP contribution in [-0.2, 0) is 16.0 Å². The topological polar surface area (TPSA) is 61.9 Å². The number of hydrogen-bond donors (Lipinski definition) is 1. The predicted molar refractivity (Wildman–Crippen MR) is 114 cm³/mol. The van der Waals surface area contributed by atoms with E-state index in [0.717, 1.165) is 31.6 Å². The Morgan fingerprint density at radius 1 is 1.07 bits per heavy atom. The maximum Gasteiger partial charge on any atom is 0.242 e. The van der Waals surface area contributed by atoms with Crippen LogP contribution >= 0.6 is 0 Å². The molecule has 2 aliphatic heterocycles. The summed E-state index contributed by atoms with van der Waals surface area (Å²) in [6, 6.07) is 9.02. The van der Waals surface area contributed by atoms with Crippen LogP contribution in [0.2, 0.25) is 0 Å². The number of carbonyl (C=O) groups excluding carboxylic acids is 2. The number of rotatable bonds is 2. The van der Waals surface area contributed by atoms with Crippen molar-refractivity contribution in [3.05, 3.63) is 29.8 Å². The van der Waals surface area contributed by atoms with E-state index < -0.39 is 0 Å². The number of hydrogen-bond acceptors (Lipinski definition) is 4. The summed E-state index contributed by atoms with van der Waals surface area (Å²) in [5.41, 5.74) is 1.32. The first-order valence-electron chi connectivity index (χ1n) is 11.1. The molecule has 0 radical (unpaired) electrons. The van der Waals surface area contributed by atoms with Gasteiger partial charge in [-0.2, -0.15) is 0 Å². The molecule has 6 heteroatoms. The van der Waals surface area contributed by atoms with Crippen molar-refractivity contribution in [2.24, 2.45) is 0 Å². The Labute approximate surface area is 174 Å². The molecule has 160 valence electrons. The van der Waals surface area contributed by atoms with Crippen molar-refractivity contribution >= 4 is 11.8 Å². The van der Waals surface area contributed by atoms with Gasteiger partial charge in [-0.25, -0.2) is 0 Å². The molecule has 2 heterocycles. The molecule has 29 heavy (non-hydrogen) atoms. The van der Waals surface area contributed by atoms with Gasteiger partial charge in [0.1, 0.15) is 12.4 Å². The van der Waals surface area contributed by atoms with E-state index in [0.29, 0.717) is 25.7 Å². The van der Waals surface area contributed by atoms with E-state index in [2.05, 4.69) is 28.4 Å². The molecule has 1 saturated heterocycles. The van der Waals surface area contributed by atoms with E-state index in [1.807, 2.05) is 11.0 Å². The molecule has 0 aliphatic carbocycles. The van der Waals surface area contributed by atoms with Crippen molar-refractivity contribution in [2.45, 2.75) is 57.9 Å². The predicted octanol–water partition coefficient (Wildman–Crippen LogP) is 2.61. The molecular weight excluding hydrogens is 366 g/mol. The first-order chi connectivity index (χ1) is 14.1. The molecule has 1 unspecified atom stereocenters. The number of nitrogens with one attached hydrogen (secondary N) is 1. The summed E-state index contributed by atoms with van der Waals surface area (Å²) in [7, 11) is 0. The minimum Gasteiger partial charge on any atom is -0.492 e. The number of piperidine rings is 1. The zero-order chi connectivity index (χ0) is 20.5. The van der Waals surface area contributed by atoms with Crippen LogP contribution in [0.3, 0.4) is 0 Å². The van der Waals surface area contributed by atoms with E-state index in [1.54, 1.807) is 0 Å². The van der Waals surface area contributed by atoms with Gasteiger partial charge in [0, 0.05) is 19.5 Å². The lowest BCUT2D eigenvalue weighted by Crippen LogP contribution is -2.42.